The van der Waals surface area contributed by atoms with Gasteiger partial charge in [-0.05, 0) is 54.5 Å². The molecule has 0 saturated heterocycles. The average molecular weight is 466 g/mol. The van der Waals surface area contributed by atoms with Gasteiger partial charge in [-0.1, -0.05) is 54.1 Å². The Morgan fingerprint density at radius 2 is 1.75 bits per heavy atom. The molecule has 0 atom stereocenters. The summed E-state index contributed by atoms with van der Waals surface area (Å²) < 4.78 is 28.0. The molecule has 162 valence electrons. The van der Waals surface area contributed by atoms with Gasteiger partial charge < -0.3 is 10.3 Å². The van der Waals surface area contributed by atoms with Crippen LogP contribution in [0.15, 0.2) is 82.6 Å². The van der Waals surface area contributed by atoms with Gasteiger partial charge in [-0.25, -0.2) is 13.4 Å². The van der Waals surface area contributed by atoms with Crippen LogP contribution < -0.4 is 5.73 Å². The van der Waals surface area contributed by atoms with Gasteiger partial charge in [0.25, 0.3) is 5.91 Å². The van der Waals surface area contributed by atoms with Gasteiger partial charge in [0, 0.05) is 5.02 Å². The number of rotatable bonds is 6. The van der Waals surface area contributed by atoms with E-state index in [0.29, 0.717) is 17.1 Å². The lowest BCUT2D eigenvalue weighted by atomic mass is 10.1. The van der Waals surface area contributed by atoms with E-state index in [0.717, 1.165) is 22.4 Å². The summed E-state index contributed by atoms with van der Waals surface area (Å²) >= 11 is 6.33. The van der Waals surface area contributed by atoms with E-state index in [-0.39, 0.29) is 4.90 Å². The van der Waals surface area contributed by atoms with E-state index in [9.17, 15) is 13.2 Å². The van der Waals surface area contributed by atoms with E-state index in [2.05, 4.69) is 4.98 Å². The predicted octanol–water partition coefficient (Wildman–Crippen LogP) is 4.35. The van der Waals surface area contributed by atoms with Crippen molar-refractivity contribution in [3.8, 4) is 0 Å². The summed E-state index contributed by atoms with van der Waals surface area (Å²) in [5.74, 6) is -0.234. The highest BCUT2D eigenvalue weighted by Crippen LogP contribution is 2.25. The predicted molar refractivity (Wildman–Crippen MR) is 126 cm³/mol. The topological polar surface area (TPSA) is 95.1 Å². The molecule has 0 aliphatic rings. The Bertz CT molecular complexity index is 1460. The largest absolute Gasteiger partial charge is 0.365 e. The van der Waals surface area contributed by atoms with Crippen LogP contribution >= 0.6 is 11.6 Å². The number of aryl methyl sites for hydroxylation is 1. The van der Waals surface area contributed by atoms with Crippen molar-refractivity contribution >= 4 is 44.5 Å². The first kappa shape index (κ1) is 21.8. The van der Waals surface area contributed by atoms with Crippen LogP contribution in [0.2, 0.25) is 5.02 Å². The summed E-state index contributed by atoms with van der Waals surface area (Å²) in [6.45, 7) is 2.39. The third-order valence-electron chi connectivity index (χ3n) is 5.13. The maximum absolute atomic E-state index is 13.0. The van der Waals surface area contributed by atoms with E-state index in [1.807, 2.05) is 35.8 Å². The maximum atomic E-state index is 13.0. The number of sulfone groups is 1. The molecule has 1 amide bonds. The zero-order chi connectivity index (χ0) is 22.9. The molecule has 8 heteroatoms. The summed E-state index contributed by atoms with van der Waals surface area (Å²) in [5.41, 5.74) is 8.44. The molecule has 0 unspecified atom stereocenters. The van der Waals surface area contributed by atoms with E-state index in [4.69, 9.17) is 17.3 Å². The second-order valence-electron chi connectivity index (χ2n) is 7.27. The van der Waals surface area contributed by atoms with Crippen molar-refractivity contribution in [1.82, 2.24) is 9.55 Å². The Hall–Kier alpha value is -3.42. The summed E-state index contributed by atoms with van der Waals surface area (Å²) in [4.78, 5) is 16.2. The molecule has 0 fully saturated rings. The first-order valence-electron chi connectivity index (χ1n) is 9.79. The SMILES string of the molecule is Cc1nc2ccc(C=C(C(N)=O)S(=O)(=O)c3ccccc3)cc2n1Cc1ccccc1Cl. The molecule has 0 saturated carbocycles. The normalized spacial score (nSPS) is 12.2. The molecule has 0 spiro atoms. The minimum Gasteiger partial charge on any atom is -0.365 e. The number of primary amides is 1. The van der Waals surface area contributed by atoms with Crippen LogP contribution in [-0.4, -0.2) is 23.9 Å². The van der Waals surface area contributed by atoms with Gasteiger partial charge >= 0.3 is 0 Å². The quantitative estimate of drug-likeness (QED) is 0.428. The fourth-order valence-electron chi connectivity index (χ4n) is 3.51. The van der Waals surface area contributed by atoms with E-state index in [1.54, 1.807) is 36.4 Å². The Morgan fingerprint density at radius 1 is 1.06 bits per heavy atom. The zero-order valence-electron chi connectivity index (χ0n) is 17.2. The van der Waals surface area contributed by atoms with Crippen molar-refractivity contribution in [1.29, 1.82) is 0 Å². The highest BCUT2D eigenvalue weighted by atomic mass is 35.5. The van der Waals surface area contributed by atoms with Gasteiger partial charge in [0.15, 0.2) is 0 Å². The maximum Gasteiger partial charge on any atom is 0.260 e. The van der Waals surface area contributed by atoms with Crippen molar-refractivity contribution < 1.29 is 13.2 Å². The van der Waals surface area contributed by atoms with Gasteiger partial charge in [-0.15, -0.1) is 0 Å². The fourth-order valence-corrected chi connectivity index (χ4v) is 5.03. The summed E-state index contributed by atoms with van der Waals surface area (Å²) in [6.07, 6.45) is 1.30. The lowest BCUT2D eigenvalue weighted by Gasteiger charge is -2.10. The first-order valence-corrected chi connectivity index (χ1v) is 11.7. The molecule has 1 aromatic heterocycles. The molecule has 32 heavy (non-hydrogen) atoms. The van der Waals surface area contributed by atoms with Crippen molar-refractivity contribution in [3.05, 3.63) is 99.7 Å². The van der Waals surface area contributed by atoms with E-state index < -0.39 is 20.6 Å². The van der Waals surface area contributed by atoms with Crippen LogP contribution in [0.3, 0.4) is 0 Å². The highest BCUT2D eigenvalue weighted by Gasteiger charge is 2.25. The van der Waals surface area contributed by atoms with Crippen molar-refractivity contribution in [2.75, 3.05) is 0 Å². The Morgan fingerprint density at radius 3 is 2.44 bits per heavy atom. The van der Waals surface area contributed by atoms with Crippen LogP contribution in [0.25, 0.3) is 17.1 Å². The zero-order valence-corrected chi connectivity index (χ0v) is 18.8. The third kappa shape index (κ3) is 4.17. The minimum absolute atomic E-state index is 0.00531. The third-order valence-corrected chi connectivity index (χ3v) is 7.29. The van der Waals surface area contributed by atoms with E-state index >= 15 is 0 Å². The molecule has 0 aliphatic carbocycles. The second kappa shape index (κ2) is 8.61. The van der Waals surface area contributed by atoms with Crippen LogP contribution in [-0.2, 0) is 21.2 Å². The van der Waals surface area contributed by atoms with Crippen molar-refractivity contribution in [2.45, 2.75) is 18.4 Å². The molecule has 4 rings (SSSR count). The number of halogens is 1. The molecule has 0 bridgehead atoms. The fraction of sp³-hybridized carbons (Fsp3) is 0.0833. The first-order chi connectivity index (χ1) is 15.3. The van der Waals surface area contributed by atoms with Gasteiger partial charge in [0.05, 0.1) is 22.5 Å². The van der Waals surface area contributed by atoms with Crippen LogP contribution in [0.4, 0.5) is 0 Å². The summed E-state index contributed by atoms with van der Waals surface area (Å²) in [7, 11) is -4.06. The molecule has 2 N–H and O–H groups in total. The van der Waals surface area contributed by atoms with Crippen LogP contribution in [0, 0.1) is 6.92 Å². The minimum atomic E-state index is -4.06. The standard InChI is InChI=1S/C24H20ClN3O3S/c1-16-27-21-12-11-17(13-22(21)28(16)15-18-7-5-6-10-20(18)25)14-23(24(26)29)32(30,31)19-8-3-2-4-9-19/h2-14H,15H2,1H3,(H2,26,29). The number of imidazole rings is 1. The van der Waals surface area contributed by atoms with Gasteiger partial charge in [-0.2, -0.15) is 0 Å². The number of aromatic nitrogens is 2. The molecule has 6 nitrogen and oxygen atoms in total. The molecule has 0 radical (unpaired) electrons. The number of carbonyl (C=O) groups is 1. The van der Waals surface area contributed by atoms with Gasteiger partial charge in [0.2, 0.25) is 9.84 Å². The number of fused-ring (bicyclic) bond motifs is 1. The smallest absolute Gasteiger partial charge is 0.260 e. The number of nitrogens with two attached hydrogens (primary N) is 1. The second-order valence-corrected chi connectivity index (χ2v) is 9.60. The number of nitrogens with zero attached hydrogens (tertiary/aromatic N) is 2. The summed E-state index contributed by atoms with van der Waals surface area (Å²) in [6, 6.07) is 20.6. The van der Waals surface area contributed by atoms with Crippen molar-refractivity contribution in [3.63, 3.8) is 0 Å². The average Bonchev–Trinajstić information content (AvgIpc) is 3.08. The molecule has 4 aromatic rings. The molecular weight excluding hydrogens is 446 g/mol. The molecular formula is C24H20ClN3O3S. The summed E-state index contributed by atoms with van der Waals surface area (Å²) in [5, 5.41) is 0.648. The Balaban J connectivity index is 1.81. The monoisotopic (exact) mass is 465 g/mol. The number of amides is 1. The highest BCUT2D eigenvalue weighted by molar-refractivity contribution is 7.96. The Labute approximate surface area is 190 Å². The number of carbonyl (C=O) groups excluding carboxylic acids is 1. The van der Waals surface area contributed by atoms with Crippen LogP contribution in [0.1, 0.15) is 17.0 Å². The molecule has 3 aromatic carbocycles. The lowest BCUT2D eigenvalue weighted by molar-refractivity contribution is -0.113. The van der Waals surface area contributed by atoms with Crippen molar-refractivity contribution in [2.24, 2.45) is 5.73 Å². The lowest BCUT2D eigenvalue weighted by Crippen LogP contribution is -2.21. The van der Waals surface area contributed by atoms with Gasteiger partial charge in [0.1, 0.15) is 10.7 Å². The van der Waals surface area contributed by atoms with Crippen LogP contribution in [0.5, 0.6) is 0 Å². The van der Waals surface area contributed by atoms with E-state index in [1.165, 1.54) is 18.2 Å². The molecule has 1 heterocycles. The molecule has 0 aliphatic heterocycles. The number of hydrogen-bond acceptors (Lipinski definition) is 4. The van der Waals surface area contributed by atoms with Gasteiger partial charge in [-0.3, -0.25) is 4.79 Å². The Kier molecular flexibility index (Phi) is 5.86. The number of hydrogen-bond donors (Lipinski definition) is 1. The number of benzene rings is 3.